The quantitative estimate of drug-likeness (QED) is 0.719. The van der Waals surface area contributed by atoms with Crippen LogP contribution in [0.3, 0.4) is 0 Å². The van der Waals surface area contributed by atoms with Crippen LogP contribution in [-0.4, -0.2) is 30.5 Å². The van der Waals surface area contributed by atoms with Gasteiger partial charge in [-0.3, -0.25) is 4.79 Å². The van der Waals surface area contributed by atoms with Gasteiger partial charge in [0, 0.05) is 24.3 Å². The molecule has 0 bridgehead atoms. The zero-order valence-corrected chi connectivity index (χ0v) is 17.3. The average Bonchev–Trinajstić information content (AvgIpc) is 3.19. The molecule has 2 N–H and O–H groups in total. The van der Waals surface area contributed by atoms with Gasteiger partial charge >= 0.3 is 6.03 Å². The van der Waals surface area contributed by atoms with Gasteiger partial charge in [0.15, 0.2) is 0 Å². The number of urea groups is 1. The first-order valence-electron chi connectivity index (χ1n) is 10.1. The zero-order chi connectivity index (χ0) is 20.8. The molecule has 0 spiro atoms. The summed E-state index contributed by atoms with van der Waals surface area (Å²) >= 11 is 0. The fourth-order valence-corrected chi connectivity index (χ4v) is 3.60. The molecule has 1 atom stereocenters. The molecule has 3 rings (SSSR count). The molecule has 6 heteroatoms. The Morgan fingerprint density at radius 3 is 2.24 bits per heavy atom. The number of amides is 3. The van der Waals surface area contributed by atoms with Gasteiger partial charge in [0.25, 0.3) is 0 Å². The minimum Gasteiger partial charge on any atom is -0.497 e. The molecule has 0 saturated carbocycles. The molecule has 1 aliphatic heterocycles. The van der Waals surface area contributed by atoms with Gasteiger partial charge in [-0.2, -0.15) is 0 Å². The van der Waals surface area contributed by atoms with Gasteiger partial charge in [-0.15, -0.1) is 0 Å². The lowest BCUT2D eigenvalue weighted by atomic mass is 10.0. The maximum absolute atomic E-state index is 12.8. The maximum atomic E-state index is 12.8. The van der Waals surface area contributed by atoms with E-state index in [0.717, 1.165) is 36.4 Å². The standard InChI is InChI=1S/C23H29N3O3/c1-16(2)15-22(27)24-18-8-10-19(11-9-18)25-23(28)26-14-4-5-21(26)17-6-12-20(29-3)13-7-17/h6-13,16,21H,4-5,14-15H2,1-3H3,(H,24,27)(H,25,28). The van der Waals surface area contributed by atoms with Crippen LogP contribution in [0.2, 0.25) is 0 Å². The van der Waals surface area contributed by atoms with Crippen LogP contribution in [0.5, 0.6) is 5.75 Å². The molecule has 3 amide bonds. The first kappa shape index (κ1) is 20.7. The molecule has 1 unspecified atom stereocenters. The molecule has 6 nitrogen and oxygen atoms in total. The number of anilines is 2. The first-order chi connectivity index (χ1) is 14.0. The van der Waals surface area contributed by atoms with E-state index in [1.807, 2.05) is 43.0 Å². The van der Waals surface area contributed by atoms with E-state index in [9.17, 15) is 9.59 Å². The lowest BCUT2D eigenvalue weighted by molar-refractivity contribution is -0.116. The van der Waals surface area contributed by atoms with Crippen LogP contribution < -0.4 is 15.4 Å². The van der Waals surface area contributed by atoms with Crippen molar-refractivity contribution in [3.8, 4) is 5.75 Å². The minimum absolute atomic E-state index is 0.00353. The number of hydrogen-bond donors (Lipinski definition) is 2. The van der Waals surface area contributed by atoms with Gasteiger partial charge in [-0.25, -0.2) is 4.79 Å². The predicted octanol–water partition coefficient (Wildman–Crippen LogP) is 5.05. The van der Waals surface area contributed by atoms with Crippen molar-refractivity contribution >= 4 is 23.3 Å². The summed E-state index contributed by atoms with van der Waals surface area (Å²) < 4.78 is 5.22. The van der Waals surface area contributed by atoms with Gasteiger partial charge in [0.05, 0.1) is 13.2 Å². The Balaban J connectivity index is 1.60. The topological polar surface area (TPSA) is 70.7 Å². The van der Waals surface area contributed by atoms with Crippen molar-refractivity contribution in [1.29, 1.82) is 0 Å². The van der Waals surface area contributed by atoms with E-state index in [4.69, 9.17) is 4.74 Å². The first-order valence-corrected chi connectivity index (χ1v) is 10.1. The lowest BCUT2D eigenvalue weighted by Gasteiger charge is -2.25. The van der Waals surface area contributed by atoms with E-state index in [1.165, 1.54) is 0 Å². The van der Waals surface area contributed by atoms with Crippen LogP contribution in [0.4, 0.5) is 16.2 Å². The number of nitrogens with zero attached hydrogens (tertiary/aromatic N) is 1. The minimum atomic E-state index is -0.111. The maximum Gasteiger partial charge on any atom is 0.322 e. The number of carbonyl (C=O) groups is 2. The summed E-state index contributed by atoms with van der Waals surface area (Å²) in [6.45, 7) is 4.75. The van der Waals surface area contributed by atoms with Gasteiger partial charge in [-0.05, 0) is 60.7 Å². The molecule has 154 valence electrons. The van der Waals surface area contributed by atoms with E-state index in [0.29, 0.717) is 18.0 Å². The molecule has 29 heavy (non-hydrogen) atoms. The molecule has 0 aromatic heterocycles. The molecule has 1 saturated heterocycles. The van der Waals surface area contributed by atoms with Crippen molar-refractivity contribution in [1.82, 2.24) is 4.90 Å². The van der Waals surface area contributed by atoms with Crippen molar-refractivity contribution in [2.75, 3.05) is 24.3 Å². The zero-order valence-electron chi connectivity index (χ0n) is 17.3. The van der Waals surface area contributed by atoms with Crippen molar-refractivity contribution < 1.29 is 14.3 Å². The van der Waals surface area contributed by atoms with E-state index in [2.05, 4.69) is 10.6 Å². The molecule has 2 aromatic rings. The number of rotatable bonds is 6. The summed E-state index contributed by atoms with van der Waals surface area (Å²) in [7, 11) is 1.64. The molecule has 0 aliphatic carbocycles. The largest absolute Gasteiger partial charge is 0.497 e. The van der Waals surface area contributed by atoms with E-state index in [-0.39, 0.29) is 18.0 Å². The van der Waals surface area contributed by atoms with Gasteiger partial charge in [-0.1, -0.05) is 26.0 Å². The highest BCUT2D eigenvalue weighted by atomic mass is 16.5. The molecule has 1 fully saturated rings. The van der Waals surface area contributed by atoms with Gasteiger partial charge < -0.3 is 20.3 Å². The summed E-state index contributed by atoms with van der Waals surface area (Å²) in [5.41, 5.74) is 2.55. The molecule has 2 aromatic carbocycles. The Bertz CT molecular complexity index is 831. The highest BCUT2D eigenvalue weighted by Gasteiger charge is 2.30. The third-order valence-corrected chi connectivity index (χ3v) is 5.03. The average molecular weight is 396 g/mol. The molecule has 1 aliphatic rings. The highest BCUT2D eigenvalue weighted by molar-refractivity contribution is 5.92. The summed E-state index contributed by atoms with van der Waals surface area (Å²) in [4.78, 5) is 26.6. The van der Waals surface area contributed by atoms with E-state index in [1.54, 1.807) is 31.4 Å². The van der Waals surface area contributed by atoms with Crippen LogP contribution in [0.25, 0.3) is 0 Å². The van der Waals surface area contributed by atoms with E-state index < -0.39 is 0 Å². The predicted molar refractivity (Wildman–Crippen MR) is 115 cm³/mol. The number of methoxy groups -OCH3 is 1. The Kier molecular flexibility index (Phi) is 6.75. The number of likely N-dealkylation sites (tertiary alicyclic amines) is 1. The number of benzene rings is 2. The fourth-order valence-electron chi connectivity index (χ4n) is 3.60. The second kappa shape index (κ2) is 9.45. The number of nitrogens with one attached hydrogen (secondary N) is 2. The van der Waals surface area contributed by atoms with Crippen molar-refractivity contribution in [2.45, 2.75) is 39.2 Å². The van der Waals surface area contributed by atoms with Crippen LogP contribution >= 0.6 is 0 Å². The van der Waals surface area contributed by atoms with Crippen LogP contribution in [0, 0.1) is 5.92 Å². The normalized spacial score (nSPS) is 16.0. The molecule has 0 radical (unpaired) electrons. The Morgan fingerprint density at radius 1 is 1.03 bits per heavy atom. The smallest absolute Gasteiger partial charge is 0.322 e. The third-order valence-electron chi connectivity index (χ3n) is 5.03. The number of carbonyl (C=O) groups excluding carboxylic acids is 2. The van der Waals surface area contributed by atoms with Crippen LogP contribution in [-0.2, 0) is 4.79 Å². The second-order valence-corrected chi connectivity index (χ2v) is 7.78. The summed E-state index contributed by atoms with van der Waals surface area (Å²) in [6.07, 6.45) is 2.41. The monoisotopic (exact) mass is 395 g/mol. The van der Waals surface area contributed by atoms with Crippen LogP contribution in [0.15, 0.2) is 48.5 Å². The van der Waals surface area contributed by atoms with Crippen LogP contribution in [0.1, 0.15) is 44.7 Å². The second-order valence-electron chi connectivity index (χ2n) is 7.78. The fraction of sp³-hybridized carbons (Fsp3) is 0.391. The highest BCUT2D eigenvalue weighted by Crippen LogP contribution is 2.33. The summed E-state index contributed by atoms with van der Waals surface area (Å²) in [5, 5.41) is 5.84. The number of ether oxygens (including phenoxy) is 1. The van der Waals surface area contributed by atoms with E-state index >= 15 is 0 Å². The lowest BCUT2D eigenvalue weighted by Crippen LogP contribution is -2.34. The summed E-state index contributed by atoms with van der Waals surface area (Å²) in [6, 6.07) is 15.1. The number of hydrogen-bond acceptors (Lipinski definition) is 3. The van der Waals surface area contributed by atoms with Gasteiger partial charge in [0.2, 0.25) is 5.91 Å². The summed E-state index contributed by atoms with van der Waals surface area (Å²) in [5.74, 6) is 1.12. The van der Waals surface area contributed by atoms with Crippen molar-refractivity contribution in [3.05, 3.63) is 54.1 Å². The Labute approximate surface area is 172 Å². The molecular weight excluding hydrogens is 366 g/mol. The van der Waals surface area contributed by atoms with Gasteiger partial charge in [0.1, 0.15) is 5.75 Å². The van der Waals surface area contributed by atoms with Crippen molar-refractivity contribution in [3.63, 3.8) is 0 Å². The molecular formula is C23H29N3O3. The van der Waals surface area contributed by atoms with Crippen molar-refractivity contribution in [2.24, 2.45) is 5.92 Å². The molecule has 1 heterocycles. The SMILES string of the molecule is COc1ccc(C2CCCN2C(=O)Nc2ccc(NC(=O)CC(C)C)cc2)cc1. The Morgan fingerprint density at radius 2 is 1.66 bits per heavy atom. The third kappa shape index (κ3) is 5.50. The Hall–Kier alpha value is -3.02.